The van der Waals surface area contributed by atoms with E-state index >= 15 is 0 Å². The Hall–Kier alpha value is -2.86. The van der Waals surface area contributed by atoms with E-state index in [9.17, 15) is 13.2 Å². The Balaban J connectivity index is 1.82. The maximum atomic E-state index is 13.3. The van der Waals surface area contributed by atoms with Crippen LogP contribution in [-0.4, -0.2) is 31.0 Å². The molecule has 0 saturated heterocycles. The van der Waals surface area contributed by atoms with E-state index in [4.69, 9.17) is 4.18 Å². The van der Waals surface area contributed by atoms with Gasteiger partial charge in [-0.15, -0.1) is 0 Å². The first-order valence-electron chi connectivity index (χ1n) is 10.1. The summed E-state index contributed by atoms with van der Waals surface area (Å²) in [6.45, 7) is 6.05. The lowest BCUT2D eigenvalue weighted by molar-refractivity contribution is 0.0672. The van der Waals surface area contributed by atoms with Crippen LogP contribution in [0.2, 0.25) is 0 Å². The third-order valence-corrected chi connectivity index (χ3v) is 6.39. The molecule has 0 aliphatic rings. The molecule has 1 atom stereocenters. The molecule has 3 aromatic rings. The highest BCUT2D eigenvalue weighted by molar-refractivity contribution is 7.87. The standard InChI is InChI=1S/C24H27NO4S/c1-4-18(3)25(17-19-10-14-23(15-11-19)29-30(27,28)5-2)24(26)22-13-12-20-8-6-7-9-21(20)16-22/h6-16,18H,4-5,17H2,1-3H3. The molecule has 1 amide bonds. The molecule has 5 nitrogen and oxygen atoms in total. The molecule has 0 aliphatic carbocycles. The lowest BCUT2D eigenvalue weighted by Gasteiger charge is -2.29. The highest BCUT2D eigenvalue weighted by Gasteiger charge is 2.21. The Morgan fingerprint density at radius 3 is 2.27 bits per heavy atom. The van der Waals surface area contributed by atoms with E-state index in [-0.39, 0.29) is 23.5 Å². The molecule has 0 N–H and O–H groups in total. The zero-order valence-electron chi connectivity index (χ0n) is 17.5. The molecule has 0 aliphatic heterocycles. The van der Waals surface area contributed by atoms with Crippen LogP contribution in [0.15, 0.2) is 66.7 Å². The molecule has 0 heterocycles. The topological polar surface area (TPSA) is 63.7 Å². The molecule has 30 heavy (non-hydrogen) atoms. The molecule has 0 bridgehead atoms. The maximum absolute atomic E-state index is 13.3. The highest BCUT2D eigenvalue weighted by atomic mass is 32.2. The number of benzene rings is 3. The van der Waals surface area contributed by atoms with Gasteiger partial charge in [0.25, 0.3) is 5.91 Å². The van der Waals surface area contributed by atoms with Crippen molar-refractivity contribution in [2.45, 2.75) is 39.8 Å². The van der Waals surface area contributed by atoms with Crippen LogP contribution < -0.4 is 4.18 Å². The Bertz CT molecular complexity index is 1120. The van der Waals surface area contributed by atoms with Gasteiger partial charge < -0.3 is 9.08 Å². The zero-order valence-corrected chi connectivity index (χ0v) is 18.4. The fourth-order valence-electron chi connectivity index (χ4n) is 3.19. The molecule has 6 heteroatoms. The second-order valence-electron chi connectivity index (χ2n) is 7.33. The van der Waals surface area contributed by atoms with Gasteiger partial charge in [0.2, 0.25) is 0 Å². The van der Waals surface area contributed by atoms with Crippen molar-refractivity contribution in [1.82, 2.24) is 4.90 Å². The summed E-state index contributed by atoms with van der Waals surface area (Å²) in [5.41, 5.74) is 1.56. The van der Waals surface area contributed by atoms with Crippen molar-refractivity contribution in [3.05, 3.63) is 77.9 Å². The summed E-state index contributed by atoms with van der Waals surface area (Å²) in [4.78, 5) is 15.2. The van der Waals surface area contributed by atoms with E-state index in [1.54, 1.807) is 24.3 Å². The third kappa shape index (κ3) is 5.19. The first-order valence-corrected chi connectivity index (χ1v) is 11.7. The quantitative estimate of drug-likeness (QED) is 0.476. The number of nitrogens with zero attached hydrogens (tertiary/aromatic N) is 1. The van der Waals surface area contributed by atoms with Crippen molar-refractivity contribution < 1.29 is 17.4 Å². The van der Waals surface area contributed by atoms with Gasteiger partial charge in [-0.05, 0) is 60.9 Å². The molecular weight excluding hydrogens is 398 g/mol. The second-order valence-corrected chi connectivity index (χ2v) is 9.19. The summed E-state index contributed by atoms with van der Waals surface area (Å²) in [5, 5.41) is 2.13. The predicted octanol–water partition coefficient (Wildman–Crippen LogP) is 5.01. The zero-order chi connectivity index (χ0) is 21.7. The number of hydrogen-bond donors (Lipinski definition) is 0. The van der Waals surface area contributed by atoms with Crippen LogP contribution in [0.4, 0.5) is 0 Å². The minimum atomic E-state index is -3.56. The Morgan fingerprint density at radius 1 is 0.967 bits per heavy atom. The summed E-state index contributed by atoms with van der Waals surface area (Å²) in [6, 6.07) is 20.6. The summed E-state index contributed by atoms with van der Waals surface area (Å²) < 4.78 is 28.3. The minimum Gasteiger partial charge on any atom is -0.382 e. The van der Waals surface area contributed by atoms with Crippen molar-refractivity contribution in [2.75, 3.05) is 5.75 Å². The monoisotopic (exact) mass is 425 g/mol. The number of hydrogen-bond acceptors (Lipinski definition) is 4. The van der Waals surface area contributed by atoms with Crippen molar-refractivity contribution in [3.63, 3.8) is 0 Å². The van der Waals surface area contributed by atoms with Crippen molar-refractivity contribution >= 4 is 26.8 Å². The molecular formula is C24H27NO4S. The van der Waals surface area contributed by atoms with E-state index in [1.165, 1.54) is 6.92 Å². The van der Waals surface area contributed by atoms with E-state index in [2.05, 4.69) is 6.92 Å². The van der Waals surface area contributed by atoms with Crippen LogP contribution in [0.3, 0.4) is 0 Å². The summed E-state index contributed by atoms with van der Waals surface area (Å²) >= 11 is 0. The molecule has 3 aromatic carbocycles. The third-order valence-electron chi connectivity index (χ3n) is 5.23. The molecule has 158 valence electrons. The number of amides is 1. The SMILES string of the molecule is CCC(C)N(Cc1ccc(OS(=O)(=O)CC)cc1)C(=O)c1ccc2ccccc2c1. The molecule has 0 aromatic heterocycles. The number of carbonyl (C=O) groups excluding carboxylic acids is 1. The number of rotatable bonds is 8. The van der Waals surface area contributed by atoms with Crippen LogP contribution in [0.25, 0.3) is 10.8 Å². The summed E-state index contributed by atoms with van der Waals surface area (Å²) in [7, 11) is -3.56. The van der Waals surface area contributed by atoms with Crippen molar-refractivity contribution in [2.24, 2.45) is 0 Å². The molecule has 0 radical (unpaired) electrons. The van der Waals surface area contributed by atoms with Crippen LogP contribution >= 0.6 is 0 Å². The van der Waals surface area contributed by atoms with Crippen molar-refractivity contribution in [1.29, 1.82) is 0 Å². The van der Waals surface area contributed by atoms with Gasteiger partial charge in [0.1, 0.15) is 5.75 Å². The van der Waals surface area contributed by atoms with Gasteiger partial charge in [-0.25, -0.2) is 0 Å². The van der Waals surface area contributed by atoms with Gasteiger partial charge in [0.15, 0.2) is 0 Å². The van der Waals surface area contributed by atoms with Gasteiger partial charge in [0, 0.05) is 18.2 Å². The molecule has 3 rings (SSSR count). The summed E-state index contributed by atoms with van der Waals surface area (Å²) in [5.74, 6) is 0.164. The van der Waals surface area contributed by atoms with E-state index in [0.717, 1.165) is 22.8 Å². The van der Waals surface area contributed by atoms with E-state index < -0.39 is 10.1 Å². The Labute approximate surface area is 178 Å². The number of fused-ring (bicyclic) bond motifs is 1. The van der Waals surface area contributed by atoms with E-state index in [1.807, 2.05) is 54.3 Å². The lowest BCUT2D eigenvalue weighted by atomic mass is 10.0. The summed E-state index contributed by atoms with van der Waals surface area (Å²) in [6.07, 6.45) is 0.829. The molecule has 0 fully saturated rings. The largest absolute Gasteiger partial charge is 0.382 e. The Kier molecular flexibility index (Phi) is 6.77. The first-order chi connectivity index (χ1) is 14.3. The van der Waals surface area contributed by atoms with Crippen LogP contribution in [0.5, 0.6) is 5.75 Å². The van der Waals surface area contributed by atoms with Gasteiger partial charge in [-0.1, -0.05) is 49.4 Å². The smallest absolute Gasteiger partial charge is 0.308 e. The van der Waals surface area contributed by atoms with Gasteiger partial charge in [0.05, 0.1) is 5.75 Å². The van der Waals surface area contributed by atoms with Gasteiger partial charge in [-0.2, -0.15) is 8.42 Å². The van der Waals surface area contributed by atoms with Crippen LogP contribution in [-0.2, 0) is 16.7 Å². The van der Waals surface area contributed by atoms with Crippen molar-refractivity contribution in [3.8, 4) is 5.75 Å². The number of carbonyl (C=O) groups is 1. The fourth-order valence-corrected chi connectivity index (χ4v) is 3.71. The Morgan fingerprint density at radius 2 is 1.63 bits per heavy atom. The van der Waals surface area contributed by atoms with Gasteiger partial charge in [-0.3, -0.25) is 4.79 Å². The second kappa shape index (κ2) is 9.30. The predicted molar refractivity (Wildman–Crippen MR) is 120 cm³/mol. The van der Waals surface area contributed by atoms with Gasteiger partial charge >= 0.3 is 10.1 Å². The average Bonchev–Trinajstić information content (AvgIpc) is 2.77. The molecule has 1 unspecified atom stereocenters. The average molecular weight is 426 g/mol. The first kappa shape index (κ1) is 21.8. The fraction of sp³-hybridized carbons (Fsp3) is 0.292. The highest BCUT2D eigenvalue weighted by Crippen LogP contribution is 2.21. The minimum absolute atomic E-state index is 0.0241. The maximum Gasteiger partial charge on any atom is 0.308 e. The van der Waals surface area contributed by atoms with Crippen LogP contribution in [0.1, 0.15) is 43.1 Å². The lowest BCUT2D eigenvalue weighted by Crippen LogP contribution is -2.37. The molecule has 0 saturated carbocycles. The molecule has 0 spiro atoms. The normalized spacial score (nSPS) is 12.5. The van der Waals surface area contributed by atoms with E-state index in [0.29, 0.717) is 12.1 Å². The van der Waals surface area contributed by atoms with Crippen LogP contribution in [0, 0.1) is 0 Å².